The molecule has 0 fully saturated rings. The average Bonchev–Trinajstić information content (AvgIpc) is 2.28. The minimum Gasteiger partial charge on any atom is -0.446 e. The number of ether oxygens (including phenoxy) is 2. The minimum atomic E-state index is -0.797. The van der Waals surface area contributed by atoms with E-state index >= 15 is 0 Å². The third-order valence-electron chi connectivity index (χ3n) is 3.27. The van der Waals surface area contributed by atoms with E-state index in [0.717, 1.165) is 19.3 Å². The van der Waals surface area contributed by atoms with Crippen LogP contribution < -0.4 is 0 Å². The van der Waals surface area contributed by atoms with E-state index in [1.165, 1.54) is 6.92 Å². The molecule has 17 heavy (non-hydrogen) atoms. The van der Waals surface area contributed by atoms with Crippen molar-refractivity contribution in [3.63, 3.8) is 0 Å². The molecule has 0 aromatic heterocycles. The molecule has 0 aliphatic carbocycles. The van der Waals surface area contributed by atoms with Crippen LogP contribution in [0.2, 0.25) is 0 Å². The first-order valence-corrected chi connectivity index (χ1v) is 6.03. The Kier molecular flexibility index (Phi) is 6.26. The highest BCUT2D eigenvalue weighted by Gasteiger charge is 2.27. The zero-order chi connectivity index (χ0) is 13.5. The lowest BCUT2D eigenvalue weighted by Gasteiger charge is -2.29. The van der Waals surface area contributed by atoms with Gasteiger partial charge < -0.3 is 9.47 Å². The van der Waals surface area contributed by atoms with Crippen LogP contribution in [0.4, 0.5) is 0 Å². The number of carbonyl (C=O) groups is 1. The summed E-state index contributed by atoms with van der Waals surface area (Å²) < 4.78 is 10.6. The molecule has 0 aliphatic rings. The maximum atomic E-state index is 10.9. The fourth-order valence-corrected chi connectivity index (χ4v) is 1.69. The summed E-state index contributed by atoms with van der Waals surface area (Å²) in [6.07, 6.45) is 8.78. The summed E-state index contributed by atoms with van der Waals surface area (Å²) in [6.45, 7) is 7.31. The Labute approximate surface area is 105 Å². The van der Waals surface area contributed by atoms with Gasteiger partial charge in [0.2, 0.25) is 0 Å². The molecule has 0 saturated heterocycles. The second-order valence-electron chi connectivity index (χ2n) is 4.83. The van der Waals surface area contributed by atoms with Crippen molar-refractivity contribution in [2.24, 2.45) is 0 Å². The molecule has 0 aromatic rings. The van der Waals surface area contributed by atoms with Crippen molar-refractivity contribution in [1.82, 2.24) is 0 Å². The molecule has 0 unspecified atom stereocenters. The van der Waals surface area contributed by atoms with Gasteiger partial charge in [-0.25, -0.2) is 0 Å². The Bertz CT molecular complexity index is 286. The molecule has 0 saturated carbocycles. The van der Waals surface area contributed by atoms with Crippen molar-refractivity contribution in [1.29, 1.82) is 0 Å². The van der Waals surface area contributed by atoms with E-state index in [-0.39, 0.29) is 11.6 Å². The van der Waals surface area contributed by atoms with Gasteiger partial charge in [-0.3, -0.25) is 4.79 Å². The zero-order valence-corrected chi connectivity index (χ0v) is 11.6. The van der Waals surface area contributed by atoms with Gasteiger partial charge in [0, 0.05) is 14.0 Å². The molecule has 3 nitrogen and oxygen atoms in total. The van der Waals surface area contributed by atoms with Crippen molar-refractivity contribution in [2.75, 3.05) is 7.11 Å². The summed E-state index contributed by atoms with van der Waals surface area (Å²) in [5, 5.41) is 0. The summed E-state index contributed by atoms with van der Waals surface area (Å²) in [5.41, 5.74) is -0.917. The monoisotopic (exact) mass is 240 g/mol. The largest absolute Gasteiger partial charge is 0.446 e. The highest BCUT2D eigenvalue weighted by atomic mass is 16.6. The van der Waals surface area contributed by atoms with Crippen molar-refractivity contribution in [2.45, 2.75) is 64.6 Å². The second kappa shape index (κ2) is 6.66. The van der Waals surface area contributed by atoms with Gasteiger partial charge >= 0.3 is 5.97 Å². The molecule has 0 amide bonds. The summed E-state index contributed by atoms with van der Waals surface area (Å²) >= 11 is 0. The van der Waals surface area contributed by atoms with E-state index in [0.29, 0.717) is 6.42 Å². The molecule has 0 aliphatic heterocycles. The number of hydrogen-bond donors (Lipinski definition) is 0. The number of esters is 1. The van der Waals surface area contributed by atoms with Gasteiger partial charge in [0.15, 0.2) is 5.60 Å². The molecule has 0 rings (SSSR count). The Morgan fingerprint density at radius 1 is 1.35 bits per heavy atom. The number of hydrogen-bond acceptors (Lipinski definition) is 3. The maximum absolute atomic E-state index is 10.9. The maximum Gasteiger partial charge on any atom is 0.304 e. The molecule has 2 atom stereocenters. The third-order valence-corrected chi connectivity index (χ3v) is 3.27. The molecule has 0 heterocycles. The van der Waals surface area contributed by atoms with Gasteiger partial charge in [-0.1, -0.05) is 12.8 Å². The van der Waals surface area contributed by atoms with Crippen LogP contribution in [0.3, 0.4) is 0 Å². The van der Waals surface area contributed by atoms with Gasteiger partial charge in [0.25, 0.3) is 0 Å². The molecule has 0 bridgehead atoms. The first kappa shape index (κ1) is 16.0. The highest BCUT2D eigenvalue weighted by molar-refractivity contribution is 5.67. The Balaban J connectivity index is 4.26. The zero-order valence-electron chi connectivity index (χ0n) is 11.6. The summed E-state index contributed by atoms with van der Waals surface area (Å²) in [4.78, 5) is 10.9. The standard InChI is InChI=1S/C14H24O3/c1-7-13(4,16-6)10-9-11-14(5,8-2)17-12(3)15/h2H,7,9-11H2,1,3-6H3/t13-,14+/m1/s1. The predicted octanol–water partition coefficient (Wildman–Crippen LogP) is 2.93. The van der Waals surface area contributed by atoms with Crippen LogP contribution in [0, 0.1) is 12.3 Å². The predicted molar refractivity (Wildman–Crippen MR) is 68.6 cm³/mol. The topological polar surface area (TPSA) is 35.5 Å². The first-order valence-electron chi connectivity index (χ1n) is 6.03. The van der Waals surface area contributed by atoms with Gasteiger partial charge in [-0.05, 0) is 39.5 Å². The van der Waals surface area contributed by atoms with Crippen molar-refractivity contribution in [3.8, 4) is 12.3 Å². The summed E-state index contributed by atoms with van der Waals surface area (Å²) in [7, 11) is 1.72. The van der Waals surface area contributed by atoms with Crippen molar-refractivity contribution >= 4 is 5.97 Å². The summed E-state index contributed by atoms with van der Waals surface area (Å²) in [5.74, 6) is 2.21. The lowest BCUT2D eigenvalue weighted by Crippen LogP contribution is -2.31. The number of methoxy groups -OCH3 is 1. The van der Waals surface area contributed by atoms with E-state index in [9.17, 15) is 4.79 Å². The fourth-order valence-electron chi connectivity index (χ4n) is 1.69. The molecule has 98 valence electrons. The number of carbonyl (C=O) groups excluding carboxylic acids is 1. The third kappa shape index (κ3) is 5.74. The normalized spacial score (nSPS) is 17.6. The highest BCUT2D eigenvalue weighted by Crippen LogP contribution is 2.25. The van der Waals surface area contributed by atoms with Gasteiger partial charge in [-0.2, -0.15) is 0 Å². The smallest absolute Gasteiger partial charge is 0.304 e. The van der Waals surface area contributed by atoms with Crippen LogP contribution in [-0.4, -0.2) is 24.3 Å². The Hall–Kier alpha value is -1.01. The Morgan fingerprint density at radius 2 is 1.94 bits per heavy atom. The van der Waals surface area contributed by atoms with Crippen LogP contribution in [0.15, 0.2) is 0 Å². The van der Waals surface area contributed by atoms with Gasteiger partial charge in [0.1, 0.15) is 0 Å². The molecular weight excluding hydrogens is 216 g/mol. The quantitative estimate of drug-likeness (QED) is 0.507. The SMILES string of the molecule is C#C[C@@](C)(CCC[C@@](C)(CC)OC)OC(C)=O. The lowest BCUT2D eigenvalue weighted by molar-refractivity contribution is -0.150. The molecule has 0 aromatic carbocycles. The van der Waals surface area contributed by atoms with Crippen molar-refractivity contribution in [3.05, 3.63) is 0 Å². The molecule has 0 spiro atoms. The molecule has 3 heteroatoms. The second-order valence-corrected chi connectivity index (χ2v) is 4.83. The van der Waals surface area contributed by atoms with Crippen LogP contribution in [0.1, 0.15) is 53.4 Å². The Morgan fingerprint density at radius 3 is 2.29 bits per heavy atom. The van der Waals surface area contributed by atoms with E-state index in [1.807, 2.05) is 0 Å². The number of terminal acetylenes is 1. The van der Waals surface area contributed by atoms with E-state index in [1.54, 1.807) is 14.0 Å². The molecule has 0 N–H and O–H groups in total. The fraction of sp³-hybridized carbons (Fsp3) is 0.786. The minimum absolute atomic E-state index is 0.119. The van der Waals surface area contributed by atoms with Gasteiger partial charge in [-0.15, -0.1) is 6.42 Å². The summed E-state index contributed by atoms with van der Waals surface area (Å²) in [6, 6.07) is 0. The van der Waals surface area contributed by atoms with E-state index in [4.69, 9.17) is 15.9 Å². The van der Waals surface area contributed by atoms with E-state index in [2.05, 4.69) is 19.8 Å². The van der Waals surface area contributed by atoms with Crippen LogP contribution in [-0.2, 0) is 14.3 Å². The molecular formula is C14H24O3. The number of rotatable bonds is 7. The lowest BCUT2D eigenvalue weighted by atomic mass is 9.91. The van der Waals surface area contributed by atoms with Crippen LogP contribution >= 0.6 is 0 Å². The van der Waals surface area contributed by atoms with Crippen LogP contribution in [0.5, 0.6) is 0 Å². The average molecular weight is 240 g/mol. The van der Waals surface area contributed by atoms with E-state index < -0.39 is 5.60 Å². The first-order chi connectivity index (χ1) is 7.81. The van der Waals surface area contributed by atoms with Crippen LogP contribution in [0.25, 0.3) is 0 Å². The van der Waals surface area contributed by atoms with Gasteiger partial charge in [0.05, 0.1) is 5.60 Å². The molecule has 0 radical (unpaired) electrons. The van der Waals surface area contributed by atoms with Crippen molar-refractivity contribution < 1.29 is 14.3 Å².